The molecular formula is C25H29NO5. The average molecular weight is 424 g/mol. The van der Waals surface area contributed by atoms with E-state index in [1.165, 1.54) is 0 Å². The molecule has 1 heterocycles. The van der Waals surface area contributed by atoms with Crippen LogP contribution in [0.2, 0.25) is 0 Å². The van der Waals surface area contributed by atoms with E-state index in [4.69, 9.17) is 18.9 Å². The lowest BCUT2D eigenvalue weighted by molar-refractivity contribution is -0.118. The Bertz CT molecular complexity index is 1050. The first kappa shape index (κ1) is 21.1. The molecule has 1 atom stereocenters. The molecule has 1 aliphatic carbocycles. The van der Waals surface area contributed by atoms with Gasteiger partial charge in [-0.05, 0) is 29.5 Å². The Labute approximate surface area is 183 Å². The van der Waals surface area contributed by atoms with Crippen LogP contribution < -0.4 is 24.3 Å². The second-order valence-electron chi connectivity index (χ2n) is 8.77. The summed E-state index contributed by atoms with van der Waals surface area (Å²) in [5.41, 5.74) is 4.38. The quantitative estimate of drug-likeness (QED) is 0.736. The van der Waals surface area contributed by atoms with Gasteiger partial charge in [0.2, 0.25) is 5.75 Å². The summed E-state index contributed by atoms with van der Waals surface area (Å²) in [5.74, 6) is 2.29. The Morgan fingerprint density at radius 1 is 0.903 bits per heavy atom. The van der Waals surface area contributed by atoms with Gasteiger partial charge in [-0.1, -0.05) is 26.0 Å². The molecule has 0 saturated carbocycles. The molecule has 6 nitrogen and oxygen atoms in total. The van der Waals surface area contributed by atoms with Crippen molar-refractivity contribution in [2.45, 2.75) is 32.6 Å². The fraction of sp³-hybridized carbons (Fsp3) is 0.400. The third-order valence-corrected chi connectivity index (χ3v) is 6.10. The molecule has 0 fully saturated rings. The van der Waals surface area contributed by atoms with E-state index in [1.807, 2.05) is 30.3 Å². The minimum absolute atomic E-state index is 0.106. The molecule has 0 spiro atoms. The minimum Gasteiger partial charge on any atom is -0.497 e. The van der Waals surface area contributed by atoms with E-state index in [1.54, 1.807) is 28.4 Å². The van der Waals surface area contributed by atoms with E-state index in [0.717, 1.165) is 40.3 Å². The number of nitrogens with one attached hydrogen (secondary N) is 1. The van der Waals surface area contributed by atoms with Gasteiger partial charge in [0.25, 0.3) is 0 Å². The fourth-order valence-electron chi connectivity index (χ4n) is 4.79. The zero-order valence-corrected chi connectivity index (χ0v) is 18.9. The number of benzene rings is 2. The standard InChI is InChI=1S/C25H29NO5/c1-25(2)12-17-21(18(27)13-25)20(14-7-9-15(28-3)10-8-14)22-16(26-17)11-19(29-4)23(30-5)24(22)31-6/h7-11,20,26H,12-13H2,1-6H3. The summed E-state index contributed by atoms with van der Waals surface area (Å²) in [7, 11) is 6.44. The van der Waals surface area contributed by atoms with Crippen LogP contribution in [0.25, 0.3) is 0 Å². The summed E-state index contributed by atoms with van der Waals surface area (Å²) >= 11 is 0. The van der Waals surface area contributed by atoms with E-state index in [0.29, 0.717) is 23.7 Å². The number of carbonyl (C=O) groups is 1. The number of hydrogen-bond acceptors (Lipinski definition) is 6. The van der Waals surface area contributed by atoms with Crippen molar-refractivity contribution in [1.82, 2.24) is 0 Å². The van der Waals surface area contributed by atoms with Gasteiger partial charge in [0, 0.05) is 35.2 Å². The van der Waals surface area contributed by atoms with Gasteiger partial charge < -0.3 is 24.3 Å². The molecule has 6 heteroatoms. The van der Waals surface area contributed by atoms with Crippen LogP contribution in [-0.2, 0) is 4.79 Å². The van der Waals surface area contributed by atoms with E-state index in [2.05, 4.69) is 19.2 Å². The van der Waals surface area contributed by atoms with Gasteiger partial charge in [-0.25, -0.2) is 0 Å². The number of carbonyl (C=O) groups excluding carboxylic acids is 1. The summed E-state index contributed by atoms with van der Waals surface area (Å²) in [6.45, 7) is 4.26. The molecule has 1 unspecified atom stereocenters. The second-order valence-corrected chi connectivity index (χ2v) is 8.77. The predicted molar refractivity (Wildman–Crippen MR) is 120 cm³/mol. The number of rotatable bonds is 5. The average Bonchev–Trinajstić information content (AvgIpc) is 2.75. The number of fused-ring (bicyclic) bond motifs is 1. The van der Waals surface area contributed by atoms with Crippen molar-refractivity contribution >= 4 is 11.5 Å². The highest BCUT2D eigenvalue weighted by Gasteiger charge is 2.43. The van der Waals surface area contributed by atoms with Gasteiger partial charge in [0.15, 0.2) is 17.3 Å². The molecule has 0 amide bonds. The Balaban J connectivity index is 2.01. The summed E-state index contributed by atoms with van der Waals surface area (Å²) in [6, 6.07) is 9.77. The minimum atomic E-state index is -0.282. The van der Waals surface area contributed by atoms with Crippen LogP contribution in [-0.4, -0.2) is 34.2 Å². The molecule has 0 bridgehead atoms. The van der Waals surface area contributed by atoms with Crippen molar-refractivity contribution < 1.29 is 23.7 Å². The third kappa shape index (κ3) is 3.50. The summed E-state index contributed by atoms with van der Waals surface area (Å²) in [4.78, 5) is 13.4. The maximum Gasteiger partial charge on any atom is 0.203 e. The molecule has 0 radical (unpaired) electrons. The van der Waals surface area contributed by atoms with Crippen molar-refractivity contribution in [1.29, 1.82) is 0 Å². The largest absolute Gasteiger partial charge is 0.497 e. The fourth-order valence-corrected chi connectivity index (χ4v) is 4.79. The summed E-state index contributed by atoms with van der Waals surface area (Å²) < 4.78 is 22.4. The molecule has 1 aliphatic heterocycles. The summed E-state index contributed by atoms with van der Waals surface area (Å²) in [5, 5.41) is 3.53. The normalized spacial score (nSPS) is 19.2. The molecule has 31 heavy (non-hydrogen) atoms. The van der Waals surface area contributed by atoms with E-state index in [9.17, 15) is 4.79 Å². The monoisotopic (exact) mass is 423 g/mol. The van der Waals surface area contributed by atoms with Gasteiger partial charge in [-0.3, -0.25) is 4.79 Å². The number of anilines is 1. The van der Waals surface area contributed by atoms with Crippen LogP contribution in [0.1, 0.15) is 43.7 Å². The van der Waals surface area contributed by atoms with E-state index >= 15 is 0 Å². The molecule has 2 aromatic carbocycles. The van der Waals surface area contributed by atoms with Crippen LogP contribution >= 0.6 is 0 Å². The van der Waals surface area contributed by atoms with Crippen LogP contribution in [0.15, 0.2) is 41.6 Å². The smallest absolute Gasteiger partial charge is 0.203 e. The van der Waals surface area contributed by atoms with Gasteiger partial charge in [0.05, 0.1) is 34.1 Å². The Kier molecular flexibility index (Phi) is 5.33. The van der Waals surface area contributed by atoms with Crippen LogP contribution in [0, 0.1) is 5.41 Å². The van der Waals surface area contributed by atoms with Crippen molar-refractivity contribution in [2.24, 2.45) is 5.41 Å². The highest BCUT2D eigenvalue weighted by atomic mass is 16.5. The number of ketones is 1. The lowest BCUT2D eigenvalue weighted by Gasteiger charge is -2.40. The SMILES string of the molecule is COc1ccc(C2C3=C(CC(C)(C)CC3=O)Nc3cc(OC)c(OC)c(OC)c32)cc1. The van der Waals surface area contributed by atoms with E-state index < -0.39 is 0 Å². The highest BCUT2D eigenvalue weighted by Crippen LogP contribution is 2.55. The number of Topliss-reactive ketones (excluding diaryl/α,β-unsaturated/α-hetero) is 1. The second kappa shape index (κ2) is 7.84. The molecular weight excluding hydrogens is 394 g/mol. The molecule has 164 valence electrons. The molecule has 1 N–H and O–H groups in total. The van der Waals surface area contributed by atoms with Crippen molar-refractivity contribution in [3.05, 3.63) is 52.7 Å². The summed E-state index contributed by atoms with van der Waals surface area (Å²) in [6.07, 6.45) is 1.29. The maximum absolute atomic E-state index is 13.4. The van der Waals surface area contributed by atoms with Crippen LogP contribution in [0.3, 0.4) is 0 Å². The Morgan fingerprint density at radius 3 is 2.16 bits per heavy atom. The zero-order chi connectivity index (χ0) is 22.3. The first-order chi connectivity index (χ1) is 14.8. The van der Waals surface area contributed by atoms with E-state index in [-0.39, 0.29) is 17.1 Å². The lowest BCUT2D eigenvalue weighted by atomic mass is 9.68. The highest BCUT2D eigenvalue weighted by molar-refractivity contribution is 6.02. The first-order valence-corrected chi connectivity index (χ1v) is 10.3. The van der Waals surface area contributed by atoms with Crippen molar-refractivity contribution in [3.8, 4) is 23.0 Å². The zero-order valence-electron chi connectivity index (χ0n) is 18.9. The topological polar surface area (TPSA) is 66.0 Å². The van der Waals surface area contributed by atoms with Gasteiger partial charge >= 0.3 is 0 Å². The molecule has 2 aromatic rings. The molecule has 4 rings (SSSR count). The third-order valence-electron chi connectivity index (χ3n) is 6.10. The molecule has 0 saturated heterocycles. The number of methoxy groups -OCH3 is 4. The lowest BCUT2D eigenvalue weighted by Crippen LogP contribution is -2.34. The Hall–Kier alpha value is -3.15. The number of hydrogen-bond donors (Lipinski definition) is 1. The number of ether oxygens (including phenoxy) is 4. The first-order valence-electron chi connectivity index (χ1n) is 10.3. The Morgan fingerprint density at radius 2 is 1.58 bits per heavy atom. The van der Waals surface area contributed by atoms with Gasteiger partial charge in [0.1, 0.15) is 5.75 Å². The number of allylic oxidation sites excluding steroid dienone is 2. The van der Waals surface area contributed by atoms with Crippen molar-refractivity contribution in [3.63, 3.8) is 0 Å². The van der Waals surface area contributed by atoms with Crippen molar-refractivity contribution in [2.75, 3.05) is 33.8 Å². The predicted octanol–water partition coefficient (Wildman–Crippen LogP) is 4.92. The van der Waals surface area contributed by atoms with Crippen LogP contribution in [0.5, 0.6) is 23.0 Å². The van der Waals surface area contributed by atoms with Crippen LogP contribution in [0.4, 0.5) is 5.69 Å². The maximum atomic E-state index is 13.4. The van der Waals surface area contributed by atoms with Gasteiger partial charge in [-0.15, -0.1) is 0 Å². The molecule has 2 aliphatic rings. The van der Waals surface area contributed by atoms with Gasteiger partial charge in [-0.2, -0.15) is 0 Å². The molecule has 0 aromatic heterocycles.